The lowest BCUT2D eigenvalue weighted by Gasteiger charge is -2.08. The van der Waals surface area contributed by atoms with Crippen LogP contribution in [0.4, 0.5) is 5.00 Å². The van der Waals surface area contributed by atoms with Gasteiger partial charge >= 0.3 is 5.97 Å². The zero-order valence-corrected chi connectivity index (χ0v) is 12.3. The molecule has 0 atom stereocenters. The number of thiophene rings is 1. The monoisotopic (exact) mass is 305 g/mol. The van der Waals surface area contributed by atoms with E-state index in [1.54, 1.807) is 12.5 Å². The van der Waals surface area contributed by atoms with Crippen LogP contribution in [0.15, 0.2) is 35.7 Å². The topological polar surface area (TPSA) is 75.6 Å². The molecule has 0 aliphatic rings. The van der Waals surface area contributed by atoms with Crippen molar-refractivity contribution in [3.63, 3.8) is 0 Å². The first kappa shape index (κ1) is 15.1. The summed E-state index contributed by atoms with van der Waals surface area (Å²) in [5.41, 5.74) is 1.06. The van der Waals surface area contributed by atoms with Gasteiger partial charge in [-0.25, -0.2) is 4.79 Å². The predicted molar refractivity (Wildman–Crippen MR) is 81.2 cm³/mol. The number of nitrogens with one attached hydrogen (secondary N) is 1. The second-order valence-electron chi connectivity index (χ2n) is 4.33. The van der Waals surface area contributed by atoms with Gasteiger partial charge < -0.3 is 15.2 Å². The average Bonchev–Trinajstić information content (AvgIpc) is 2.93. The molecule has 0 bridgehead atoms. The van der Waals surface area contributed by atoms with Crippen LogP contribution in [0.5, 0.6) is 5.75 Å². The Bertz CT molecular complexity index is 651. The van der Waals surface area contributed by atoms with Crippen molar-refractivity contribution in [2.45, 2.75) is 12.8 Å². The number of carboxylic acids is 1. The second-order valence-corrected chi connectivity index (χ2v) is 5.24. The lowest BCUT2D eigenvalue weighted by atomic mass is 10.1. The van der Waals surface area contributed by atoms with Crippen molar-refractivity contribution in [1.29, 1.82) is 0 Å². The number of benzene rings is 1. The van der Waals surface area contributed by atoms with Crippen molar-refractivity contribution < 1.29 is 19.4 Å². The Morgan fingerprint density at radius 3 is 2.76 bits per heavy atom. The molecule has 1 heterocycles. The quantitative estimate of drug-likeness (QED) is 0.860. The maximum Gasteiger partial charge on any atom is 0.338 e. The first-order valence-corrected chi connectivity index (χ1v) is 7.22. The van der Waals surface area contributed by atoms with Gasteiger partial charge in [-0.1, -0.05) is 18.2 Å². The van der Waals surface area contributed by atoms with Crippen LogP contribution in [0.2, 0.25) is 0 Å². The number of carbonyl (C=O) groups excluding carboxylic acids is 1. The third-order valence-electron chi connectivity index (χ3n) is 2.96. The fourth-order valence-corrected chi connectivity index (χ4v) is 2.72. The SMILES string of the molecule is COc1ccccc1CCC(=O)Nc1sccc1C(=O)O. The van der Waals surface area contributed by atoms with E-state index in [1.807, 2.05) is 24.3 Å². The van der Waals surface area contributed by atoms with Crippen LogP contribution in [0.25, 0.3) is 0 Å². The molecular weight excluding hydrogens is 290 g/mol. The van der Waals surface area contributed by atoms with Crippen LogP contribution in [0, 0.1) is 0 Å². The molecule has 110 valence electrons. The van der Waals surface area contributed by atoms with E-state index >= 15 is 0 Å². The fourth-order valence-electron chi connectivity index (χ4n) is 1.92. The molecule has 0 saturated carbocycles. The van der Waals surface area contributed by atoms with Crippen LogP contribution >= 0.6 is 11.3 Å². The molecule has 5 nitrogen and oxygen atoms in total. The molecule has 1 amide bonds. The maximum atomic E-state index is 11.9. The Hall–Kier alpha value is -2.34. The van der Waals surface area contributed by atoms with E-state index in [0.717, 1.165) is 11.3 Å². The molecule has 0 spiro atoms. The van der Waals surface area contributed by atoms with E-state index in [1.165, 1.54) is 17.4 Å². The summed E-state index contributed by atoms with van der Waals surface area (Å²) in [7, 11) is 1.59. The van der Waals surface area contributed by atoms with Gasteiger partial charge in [0.1, 0.15) is 10.8 Å². The normalized spacial score (nSPS) is 10.1. The molecule has 0 radical (unpaired) electrons. The summed E-state index contributed by atoms with van der Waals surface area (Å²) in [6.45, 7) is 0. The number of methoxy groups -OCH3 is 1. The Morgan fingerprint density at radius 2 is 2.05 bits per heavy atom. The molecule has 2 rings (SSSR count). The number of aromatic carboxylic acids is 1. The highest BCUT2D eigenvalue weighted by molar-refractivity contribution is 7.14. The first-order chi connectivity index (χ1) is 10.1. The van der Waals surface area contributed by atoms with Gasteiger partial charge in [0.15, 0.2) is 0 Å². The van der Waals surface area contributed by atoms with Crippen molar-refractivity contribution in [3.05, 3.63) is 46.8 Å². The molecule has 21 heavy (non-hydrogen) atoms. The van der Waals surface area contributed by atoms with E-state index in [2.05, 4.69) is 5.32 Å². The Kier molecular flexibility index (Phi) is 4.94. The molecule has 0 saturated heterocycles. The second kappa shape index (κ2) is 6.90. The number of hydrogen-bond acceptors (Lipinski definition) is 4. The number of ether oxygens (including phenoxy) is 1. The van der Waals surface area contributed by atoms with Crippen molar-refractivity contribution in [1.82, 2.24) is 0 Å². The molecule has 0 unspecified atom stereocenters. The van der Waals surface area contributed by atoms with Gasteiger partial charge in [0.2, 0.25) is 5.91 Å². The van der Waals surface area contributed by atoms with Gasteiger partial charge in [0, 0.05) is 6.42 Å². The van der Waals surface area contributed by atoms with Gasteiger partial charge in [-0.2, -0.15) is 0 Å². The molecule has 1 aromatic carbocycles. The van der Waals surface area contributed by atoms with Crippen molar-refractivity contribution in [2.24, 2.45) is 0 Å². The number of aryl methyl sites for hydroxylation is 1. The summed E-state index contributed by atoms with van der Waals surface area (Å²) in [5, 5.41) is 13.6. The van der Waals surface area contributed by atoms with E-state index < -0.39 is 5.97 Å². The molecule has 6 heteroatoms. The molecule has 0 aliphatic heterocycles. The van der Waals surface area contributed by atoms with Crippen molar-refractivity contribution in [3.8, 4) is 5.75 Å². The average molecular weight is 305 g/mol. The third kappa shape index (κ3) is 3.82. The van der Waals surface area contributed by atoms with Crippen LogP contribution in [-0.2, 0) is 11.2 Å². The minimum atomic E-state index is -1.05. The number of amides is 1. The van der Waals surface area contributed by atoms with Gasteiger partial charge in [-0.05, 0) is 29.5 Å². The lowest BCUT2D eigenvalue weighted by molar-refractivity contribution is -0.116. The smallest absolute Gasteiger partial charge is 0.338 e. The van der Waals surface area contributed by atoms with E-state index in [4.69, 9.17) is 9.84 Å². The molecule has 0 aliphatic carbocycles. The summed E-state index contributed by atoms with van der Waals surface area (Å²) in [4.78, 5) is 22.9. The van der Waals surface area contributed by atoms with Gasteiger partial charge in [-0.3, -0.25) is 4.79 Å². The zero-order valence-electron chi connectivity index (χ0n) is 11.5. The highest BCUT2D eigenvalue weighted by atomic mass is 32.1. The zero-order chi connectivity index (χ0) is 15.2. The fraction of sp³-hybridized carbons (Fsp3) is 0.200. The number of rotatable bonds is 6. The van der Waals surface area contributed by atoms with Crippen molar-refractivity contribution in [2.75, 3.05) is 12.4 Å². The first-order valence-electron chi connectivity index (χ1n) is 6.34. The Balaban J connectivity index is 1.96. The summed E-state index contributed by atoms with van der Waals surface area (Å²) < 4.78 is 5.23. The van der Waals surface area contributed by atoms with Crippen LogP contribution in [-0.4, -0.2) is 24.1 Å². The lowest BCUT2D eigenvalue weighted by Crippen LogP contribution is -2.13. The van der Waals surface area contributed by atoms with Gasteiger partial charge in [0.25, 0.3) is 0 Å². The number of anilines is 1. The molecular formula is C15H15NO4S. The summed E-state index contributed by atoms with van der Waals surface area (Å²) in [6.07, 6.45) is 0.793. The molecule has 2 N–H and O–H groups in total. The molecule has 2 aromatic rings. The van der Waals surface area contributed by atoms with E-state index in [-0.39, 0.29) is 17.9 Å². The van der Waals surface area contributed by atoms with Crippen molar-refractivity contribution >= 4 is 28.2 Å². The minimum Gasteiger partial charge on any atom is -0.496 e. The minimum absolute atomic E-state index is 0.116. The summed E-state index contributed by atoms with van der Waals surface area (Å²) in [6, 6.07) is 8.97. The van der Waals surface area contributed by atoms with E-state index in [0.29, 0.717) is 11.4 Å². The van der Waals surface area contributed by atoms with Gasteiger partial charge in [0.05, 0.1) is 12.7 Å². The predicted octanol–water partition coefficient (Wildman–Crippen LogP) is 3.03. The number of carboxylic acid groups (broad SMARTS) is 1. The summed E-state index contributed by atoms with van der Waals surface area (Å²) >= 11 is 1.20. The number of hydrogen-bond donors (Lipinski definition) is 2. The van der Waals surface area contributed by atoms with Crippen LogP contribution < -0.4 is 10.1 Å². The molecule has 0 fully saturated rings. The van der Waals surface area contributed by atoms with Crippen LogP contribution in [0.3, 0.4) is 0 Å². The number of carbonyl (C=O) groups is 2. The Morgan fingerprint density at radius 1 is 1.29 bits per heavy atom. The highest BCUT2D eigenvalue weighted by Gasteiger charge is 2.14. The number of para-hydroxylation sites is 1. The maximum absolute atomic E-state index is 11.9. The van der Waals surface area contributed by atoms with Crippen LogP contribution in [0.1, 0.15) is 22.3 Å². The Labute approximate surface area is 126 Å². The highest BCUT2D eigenvalue weighted by Crippen LogP contribution is 2.24. The standard InChI is InChI=1S/C15H15NO4S/c1-20-12-5-3-2-4-10(12)6-7-13(17)16-14-11(15(18)19)8-9-21-14/h2-5,8-9H,6-7H2,1H3,(H,16,17)(H,18,19). The largest absolute Gasteiger partial charge is 0.496 e. The van der Waals surface area contributed by atoms with Gasteiger partial charge in [-0.15, -0.1) is 11.3 Å². The summed E-state index contributed by atoms with van der Waals surface area (Å²) in [5.74, 6) is -0.519. The van der Waals surface area contributed by atoms with E-state index in [9.17, 15) is 9.59 Å². The molecule has 1 aromatic heterocycles. The third-order valence-corrected chi connectivity index (χ3v) is 3.79.